The van der Waals surface area contributed by atoms with E-state index in [0.29, 0.717) is 11.9 Å². The van der Waals surface area contributed by atoms with Crippen LogP contribution in [0.25, 0.3) is 5.65 Å². The van der Waals surface area contributed by atoms with Crippen LogP contribution in [0.15, 0.2) is 12.1 Å². The average Bonchev–Trinajstić information content (AvgIpc) is 2.97. The van der Waals surface area contributed by atoms with E-state index in [-0.39, 0.29) is 5.65 Å². The number of hydrogen-bond acceptors (Lipinski definition) is 5. The van der Waals surface area contributed by atoms with Crippen LogP contribution in [0.4, 0.5) is 19.0 Å². The standard InChI is InChI=1S/C14H17F3N6/c15-14(16,17)13-19-18-11-4-5-12(20-23(11)13)22-8-7-21-6-2-1-3-10(21)9-22/h4-5,10H,1-3,6-9H2/t10-/m0/s1. The van der Waals surface area contributed by atoms with E-state index in [9.17, 15) is 13.2 Å². The molecule has 2 aliphatic rings. The van der Waals surface area contributed by atoms with Crippen LogP contribution >= 0.6 is 0 Å². The molecule has 4 rings (SSSR count). The Morgan fingerprint density at radius 3 is 2.74 bits per heavy atom. The first-order valence-electron chi connectivity index (χ1n) is 7.81. The number of aromatic nitrogens is 4. The first-order chi connectivity index (χ1) is 11.0. The maximum Gasteiger partial charge on any atom is 0.453 e. The lowest BCUT2D eigenvalue weighted by Crippen LogP contribution is -2.55. The predicted molar refractivity (Wildman–Crippen MR) is 77.2 cm³/mol. The zero-order valence-electron chi connectivity index (χ0n) is 12.5. The lowest BCUT2D eigenvalue weighted by Gasteiger charge is -2.44. The van der Waals surface area contributed by atoms with Crippen molar-refractivity contribution in [3.05, 3.63) is 18.0 Å². The summed E-state index contributed by atoms with van der Waals surface area (Å²) in [7, 11) is 0. The largest absolute Gasteiger partial charge is 0.453 e. The van der Waals surface area contributed by atoms with Gasteiger partial charge in [-0.05, 0) is 31.5 Å². The summed E-state index contributed by atoms with van der Waals surface area (Å²) in [4.78, 5) is 4.53. The van der Waals surface area contributed by atoms with E-state index in [1.807, 2.05) is 0 Å². The van der Waals surface area contributed by atoms with Gasteiger partial charge >= 0.3 is 6.18 Å². The van der Waals surface area contributed by atoms with Crippen molar-refractivity contribution in [3.63, 3.8) is 0 Å². The smallest absolute Gasteiger partial charge is 0.352 e. The van der Waals surface area contributed by atoms with Gasteiger partial charge in [-0.25, -0.2) is 0 Å². The van der Waals surface area contributed by atoms with Gasteiger partial charge in [0.1, 0.15) is 5.82 Å². The molecule has 124 valence electrons. The fourth-order valence-corrected chi connectivity index (χ4v) is 3.49. The summed E-state index contributed by atoms with van der Waals surface area (Å²) in [5.41, 5.74) is 0.109. The monoisotopic (exact) mass is 326 g/mol. The van der Waals surface area contributed by atoms with E-state index in [1.165, 1.54) is 18.9 Å². The fourth-order valence-electron chi connectivity index (χ4n) is 3.49. The number of alkyl halides is 3. The second-order valence-corrected chi connectivity index (χ2v) is 6.11. The summed E-state index contributed by atoms with van der Waals surface area (Å²) in [5.74, 6) is -0.529. The number of hydrogen-bond donors (Lipinski definition) is 0. The fraction of sp³-hybridized carbons (Fsp3) is 0.643. The molecule has 9 heteroatoms. The molecule has 2 aromatic heterocycles. The highest BCUT2D eigenvalue weighted by atomic mass is 19.4. The van der Waals surface area contributed by atoms with Crippen molar-refractivity contribution in [3.8, 4) is 0 Å². The third-order valence-electron chi connectivity index (χ3n) is 4.66. The molecular formula is C14H17F3N6. The first-order valence-corrected chi connectivity index (χ1v) is 7.81. The van der Waals surface area contributed by atoms with Crippen molar-refractivity contribution in [2.24, 2.45) is 0 Å². The summed E-state index contributed by atoms with van der Waals surface area (Å²) < 4.78 is 39.7. The maximum absolute atomic E-state index is 13.0. The van der Waals surface area contributed by atoms with E-state index in [1.54, 1.807) is 6.07 Å². The normalized spacial score (nSPS) is 23.3. The molecule has 0 unspecified atom stereocenters. The Balaban J connectivity index is 1.64. The molecular weight excluding hydrogens is 309 g/mol. The van der Waals surface area contributed by atoms with Crippen LogP contribution in [-0.2, 0) is 6.18 Å². The highest BCUT2D eigenvalue weighted by Crippen LogP contribution is 2.28. The molecule has 2 aromatic rings. The highest BCUT2D eigenvalue weighted by molar-refractivity contribution is 5.46. The Morgan fingerprint density at radius 2 is 1.91 bits per heavy atom. The summed E-state index contributed by atoms with van der Waals surface area (Å²) in [6.45, 7) is 3.63. The number of halogens is 3. The number of piperazine rings is 1. The molecule has 0 spiro atoms. The number of fused-ring (bicyclic) bond motifs is 2. The van der Waals surface area contributed by atoms with Crippen molar-refractivity contribution in [2.75, 3.05) is 31.1 Å². The lowest BCUT2D eigenvalue weighted by molar-refractivity contribution is -0.146. The summed E-state index contributed by atoms with van der Waals surface area (Å²) >= 11 is 0. The van der Waals surface area contributed by atoms with Crippen molar-refractivity contribution in [1.29, 1.82) is 0 Å². The Labute approximate surface area is 130 Å². The van der Waals surface area contributed by atoms with Crippen LogP contribution in [0.2, 0.25) is 0 Å². The van der Waals surface area contributed by atoms with Crippen molar-refractivity contribution >= 4 is 11.5 Å². The molecule has 2 fully saturated rings. The predicted octanol–water partition coefficient (Wildman–Crippen LogP) is 1.82. The van der Waals surface area contributed by atoms with Crippen LogP contribution in [0, 0.1) is 0 Å². The molecule has 0 N–H and O–H groups in total. The molecule has 2 aliphatic heterocycles. The molecule has 4 heterocycles. The van der Waals surface area contributed by atoms with Gasteiger partial charge in [0.25, 0.3) is 5.82 Å². The third-order valence-corrected chi connectivity index (χ3v) is 4.66. The van der Waals surface area contributed by atoms with Gasteiger partial charge in [-0.1, -0.05) is 6.42 Å². The zero-order valence-corrected chi connectivity index (χ0v) is 12.5. The number of piperidine rings is 1. The molecule has 23 heavy (non-hydrogen) atoms. The number of anilines is 1. The van der Waals surface area contributed by atoms with Gasteiger partial charge in [-0.3, -0.25) is 4.90 Å². The molecule has 0 amide bonds. The average molecular weight is 326 g/mol. The second-order valence-electron chi connectivity index (χ2n) is 6.11. The van der Waals surface area contributed by atoms with Crippen molar-refractivity contribution < 1.29 is 13.2 Å². The maximum atomic E-state index is 13.0. The number of rotatable bonds is 1. The Kier molecular flexibility index (Phi) is 3.40. The molecule has 2 saturated heterocycles. The molecule has 0 radical (unpaired) electrons. The van der Waals surface area contributed by atoms with Gasteiger partial charge in [0.2, 0.25) is 0 Å². The molecule has 6 nitrogen and oxygen atoms in total. The zero-order chi connectivity index (χ0) is 16.0. The molecule has 1 atom stereocenters. The minimum Gasteiger partial charge on any atom is -0.352 e. The molecule has 0 bridgehead atoms. The van der Waals surface area contributed by atoms with E-state index < -0.39 is 12.0 Å². The number of nitrogens with zero attached hydrogens (tertiary/aromatic N) is 6. The van der Waals surface area contributed by atoms with Crippen LogP contribution in [0.3, 0.4) is 0 Å². The minimum atomic E-state index is -4.56. The van der Waals surface area contributed by atoms with Crippen LogP contribution < -0.4 is 4.90 Å². The van der Waals surface area contributed by atoms with Gasteiger partial charge in [0.05, 0.1) is 0 Å². The van der Waals surface area contributed by atoms with E-state index in [4.69, 9.17) is 0 Å². The first kappa shape index (κ1) is 14.7. The van der Waals surface area contributed by atoms with Crippen LogP contribution in [0.5, 0.6) is 0 Å². The summed E-state index contributed by atoms with van der Waals surface area (Å²) in [6, 6.07) is 3.73. The van der Waals surface area contributed by atoms with E-state index in [0.717, 1.165) is 37.1 Å². The highest BCUT2D eigenvalue weighted by Gasteiger charge is 2.38. The SMILES string of the molecule is FC(F)(F)c1nnc2ccc(N3CCN4CCCC[C@H]4C3)nn12. The van der Waals surface area contributed by atoms with Gasteiger partial charge in [-0.15, -0.1) is 15.3 Å². The third kappa shape index (κ3) is 2.62. The summed E-state index contributed by atoms with van der Waals surface area (Å²) in [5, 5.41) is 10.9. The lowest BCUT2D eigenvalue weighted by atomic mass is 9.99. The van der Waals surface area contributed by atoms with Crippen LogP contribution in [-0.4, -0.2) is 56.9 Å². The van der Waals surface area contributed by atoms with E-state index >= 15 is 0 Å². The van der Waals surface area contributed by atoms with Crippen molar-refractivity contribution in [1.82, 2.24) is 24.7 Å². The van der Waals surface area contributed by atoms with Crippen LogP contribution in [0.1, 0.15) is 25.1 Å². The summed E-state index contributed by atoms with van der Waals surface area (Å²) in [6.07, 6.45) is -0.978. The van der Waals surface area contributed by atoms with E-state index in [2.05, 4.69) is 25.1 Å². The van der Waals surface area contributed by atoms with Crippen molar-refractivity contribution in [2.45, 2.75) is 31.5 Å². The molecule has 0 saturated carbocycles. The molecule has 0 aromatic carbocycles. The minimum absolute atomic E-state index is 0.109. The quantitative estimate of drug-likeness (QED) is 0.800. The van der Waals surface area contributed by atoms with Gasteiger partial charge in [0, 0.05) is 25.7 Å². The van der Waals surface area contributed by atoms with Gasteiger partial charge in [-0.2, -0.15) is 17.7 Å². The Bertz CT molecular complexity index is 712. The Hall–Kier alpha value is -1.90. The molecule has 0 aliphatic carbocycles. The van der Waals surface area contributed by atoms with Gasteiger partial charge in [0.15, 0.2) is 5.65 Å². The topological polar surface area (TPSA) is 49.6 Å². The Morgan fingerprint density at radius 1 is 1.04 bits per heavy atom. The second kappa shape index (κ2) is 5.33. The van der Waals surface area contributed by atoms with Gasteiger partial charge < -0.3 is 4.90 Å².